The van der Waals surface area contributed by atoms with Crippen LogP contribution in [0.4, 0.5) is 17.3 Å². The zero-order valence-corrected chi connectivity index (χ0v) is 18.5. The van der Waals surface area contributed by atoms with Gasteiger partial charge >= 0.3 is 0 Å². The van der Waals surface area contributed by atoms with Gasteiger partial charge in [0.1, 0.15) is 17.2 Å². The summed E-state index contributed by atoms with van der Waals surface area (Å²) < 4.78 is 5.41. The third-order valence-electron chi connectivity index (χ3n) is 6.87. The van der Waals surface area contributed by atoms with E-state index < -0.39 is 0 Å². The molecule has 2 saturated heterocycles. The summed E-state index contributed by atoms with van der Waals surface area (Å²) in [5, 5.41) is 3.00. The Bertz CT molecular complexity index is 1020. The number of hydrogen-bond donors (Lipinski definition) is 1. The van der Waals surface area contributed by atoms with Crippen LogP contribution in [0.15, 0.2) is 30.3 Å². The molecule has 0 radical (unpaired) electrons. The Morgan fingerprint density at radius 1 is 0.906 bits per heavy atom. The van der Waals surface area contributed by atoms with Crippen molar-refractivity contribution < 1.29 is 14.3 Å². The molecule has 0 unspecified atom stereocenters. The van der Waals surface area contributed by atoms with Gasteiger partial charge in [0, 0.05) is 33.1 Å². The Morgan fingerprint density at radius 3 is 2.34 bits per heavy atom. The number of amides is 1. The highest BCUT2D eigenvalue weighted by Crippen LogP contribution is 2.54. The molecule has 168 valence electrons. The lowest BCUT2D eigenvalue weighted by Crippen LogP contribution is -2.37. The predicted molar refractivity (Wildman–Crippen MR) is 123 cm³/mol. The molecule has 1 aliphatic carbocycles. The minimum absolute atomic E-state index is 0.0836. The number of nitrogens with one attached hydrogen (secondary N) is 1. The number of carbonyl (C=O) groups excluding carboxylic acids is 2. The average molecular weight is 436 g/mol. The number of carbonyl (C=O) groups is 2. The molecule has 3 aliphatic rings. The number of ether oxygens (including phenoxy) is 1. The van der Waals surface area contributed by atoms with Crippen LogP contribution in [0.1, 0.15) is 53.6 Å². The van der Waals surface area contributed by atoms with Crippen LogP contribution in [-0.2, 0) is 4.74 Å². The van der Waals surface area contributed by atoms with Gasteiger partial charge in [-0.25, -0.2) is 9.97 Å². The normalized spacial score (nSPS) is 19.7. The molecular formula is C24H29N5O3. The van der Waals surface area contributed by atoms with Gasteiger partial charge in [0.2, 0.25) is 0 Å². The van der Waals surface area contributed by atoms with Crippen molar-refractivity contribution in [1.82, 2.24) is 9.97 Å². The highest BCUT2D eigenvalue weighted by molar-refractivity contribution is 6.05. The molecule has 2 aromatic heterocycles. The van der Waals surface area contributed by atoms with Crippen LogP contribution in [0.5, 0.6) is 0 Å². The van der Waals surface area contributed by atoms with Crippen molar-refractivity contribution in [3.8, 4) is 0 Å². The van der Waals surface area contributed by atoms with Gasteiger partial charge < -0.3 is 19.9 Å². The molecule has 0 aromatic carbocycles. The minimum atomic E-state index is -0.283. The number of ketones is 1. The summed E-state index contributed by atoms with van der Waals surface area (Å²) in [6.45, 7) is 6.13. The zero-order chi connectivity index (χ0) is 22.1. The van der Waals surface area contributed by atoms with E-state index in [0.717, 1.165) is 44.8 Å². The molecule has 0 bridgehead atoms. The van der Waals surface area contributed by atoms with Crippen molar-refractivity contribution in [3.05, 3.63) is 41.7 Å². The van der Waals surface area contributed by atoms with Crippen molar-refractivity contribution in [2.45, 2.75) is 32.6 Å². The summed E-state index contributed by atoms with van der Waals surface area (Å²) >= 11 is 0. The van der Waals surface area contributed by atoms with E-state index in [-0.39, 0.29) is 11.7 Å². The molecule has 8 heteroatoms. The van der Waals surface area contributed by atoms with E-state index in [2.05, 4.69) is 25.1 Å². The van der Waals surface area contributed by atoms with Crippen molar-refractivity contribution in [3.63, 3.8) is 0 Å². The summed E-state index contributed by atoms with van der Waals surface area (Å²) in [6.07, 6.45) is 4.90. The number of anilines is 3. The zero-order valence-electron chi connectivity index (χ0n) is 18.5. The Labute approximate surface area is 188 Å². The molecule has 2 aromatic rings. The molecular weight excluding hydrogens is 406 g/mol. The van der Waals surface area contributed by atoms with Crippen molar-refractivity contribution in [2.75, 3.05) is 54.5 Å². The lowest BCUT2D eigenvalue weighted by atomic mass is 9.93. The summed E-state index contributed by atoms with van der Waals surface area (Å²) in [5.41, 5.74) is 1.91. The third kappa shape index (κ3) is 4.32. The number of rotatable bonds is 5. The second-order valence-corrected chi connectivity index (χ2v) is 9.05. The number of morpholine rings is 1. The van der Waals surface area contributed by atoms with Gasteiger partial charge in [-0.1, -0.05) is 6.07 Å². The summed E-state index contributed by atoms with van der Waals surface area (Å²) in [5.74, 6) is 1.08. The Morgan fingerprint density at radius 2 is 1.66 bits per heavy atom. The molecule has 1 spiro atoms. The van der Waals surface area contributed by atoms with Gasteiger partial charge in [-0.05, 0) is 55.4 Å². The molecule has 1 amide bonds. The Kier molecular flexibility index (Phi) is 5.55. The first-order valence-electron chi connectivity index (χ1n) is 11.4. The highest BCUT2D eigenvalue weighted by Gasteiger charge is 2.44. The lowest BCUT2D eigenvalue weighted by Gasteiger charge is -2.34. The first-order valence-corrected chi connectivity index (χ1v) is 11.4. The van der Waals surface area contributed by atoms with Crippen LogP contribution < -0.4 is 15.1 Å². The monoisotopic (exact) mass is 435 g/mol. The Balaban J connectivity index is 1.37. The summed E-state index contributed by atoms with van der Waals surface area (Å²) in [7, 11) is 0. The molecule has 2 aliphatic heterocycles. The fraction of sp³-hybridized carbons (Fsp3) is 0.500. The first kappa shape index (κ1) is 20.9. The van der Waals surface area contributed by atoms with Crippen LogP contribution in [0, 0.1) is 5.41 Å². The number of aromatic nitrogens is 2. The van der Waals surface area contributed by atoms with Crippen LogP contribution in [-0.4, -0.2) is 61.1 Å². The minimum Gasteiger partial charge on any atom is -0.378 e. The average Bonchev–Trinajstić information content (AvgIpc) is 3.59. The van der Waals surface area contributed by atoms with E-state index in [4.69, 9.17) is 4.74 Å². The lowest BCUT2D eigenvalue weighted by molar-refractivity contribution is 0.100. The molecule has 4 heterocycles. The smallest absolute Gasteiger partial charge is 0.274 e. The van der Waals surface area contributed by atoms with Gasteiger partial charge in [-0.3, -0.25) is 9.59 Å². The van der Waals surface area contributed by atoms with Gasteiger partial charge in [-0.15, -0.1) is 0 Å². The maximum Gasteiger partial charge on any atom is 0.274 e. The molecule has 0 atom stereocenters. The van der Waals surface area contributed by atoms with Crippen molar-refractivity contribution in [2.24, 2.45) is 5.41 Å². The van der Waals surface area contributed by atoms with Gasteiger partial charge in [0.05, 0.1) is 18.9 Å². The van der Waals surface area contributed by atoms with E-state index in [1.807, 2.05) is 12.1 Å². The second-order valence-electron chi connectivity index (χ2n) is 9.05. The Hall–Kier alpha value is -3.00. The SMILES string of the molecule is CC(=O)c1ccc(NC(=O)c2cccc(N3CCOCC3)n2)c(N2CCC3(CC2)CC3)n1. The number of piperidine rings is 1. The van der Waals surface area contributed by atoms with Crippen LogP contribution in [0.25, 0.3) is 0 Å². The van der Waals surface area contributed by atoms with E-state index >= 15 is 0 Å². The summed E-state index contributed by atoms with van der Waals surface area (Å²) in [4.78, 5) is 38.5. The van der Waals surface area contributed by atoms with E-state index in [9.17, 15) is 9.59 Å². The fourth-order valence-electron chi connectivity index (χ4n) is 4.56. The number of hydrogen-bond acceptors (Lipinski definition) is 7. The predicted octanol–water partition coefficient (Wildman–Crippen LogP) is 3.15. The van der Waals surface area contributed by atoms with Gasteiger partial charge in [0.15, 0.2) is 11.6 Å². The number of pyridine rings is 2. The van der Waals surface area contributed by atoms with Crippen LogP contribution >= 0.6 is 0 Å². The van der Waals surface area contributed by atoms with Crippen LogP contribution in [0.3, 0.4) is 0 Å². The molecule has 5 rings (SSSR count). The maximum absolute atomic E-state index is 13.1. The van der Waals surface area contributed by atoms with Gasteiger partial charge in [-0.2, -0.15) is 0 Å². The van der Waals surface area contributed by atoms with Crippen LogP contribution in [0.2, 0.25) is 0 Å². The number of nitrogens with zero attached hydrogens (tertiary/aromatic N) is 4. The van der Waals surface area contributed by atoms with Gasteiger partial charge in [0.25, 0.3) is 5.91 Å². The van der Waals surface area contributed by atoms with E-state index in [0.29, 0.717) is 41.5 Å². The van der Waals surface area contributed by atoms with Crippen molar-refractivity contribution >= 4 is 29.0 Å². The highest BCUT2D eigenvalue weighted by atomic mass is 16.5. The molecule has 1 N–H and O–H groups in total. The van der Waals surface area contributed by atoms with E-state index in [1.54, 1.807) is 18.2 Å². The molecule has 1 saturated carbocycles. The molecule has 3 fully saturated rings. The summed E-state index contributed by atoms with van der Waals surface area (Å²) in [6, 6.07) is 8.94. The fourth-order valence-corrected chi connectivity index (χ4v) is 4.56. The topological polar surface area (TPSA) is 87.7 Å². The maximum atomic E-state index is 13.1. The molecule has 32 heavy (non-hydrogen) atoms. The second kappa shape index (κ2) is 8.50. The number of Topliss-reactive ketones (excluding diaryl/α,β-unsaturated/α-hetero) is 1. The quantitative estimate of drug-likeness (QED) is 0.722. The third-order valence-corrected chi connectivity index (χ3v) is 6.87. The van der Waals surface area contributed by atoms with Crippen molar-refractivity contribution in [1.29, 1.82) is 0 Å². The standard InChI is InChI=1S/C24H29N5O3/c1-17(30)18-5-6-19(22(26-18)29-11-9-24(7-8-24)10-12-29)27-23(31)20-3-2-4-21(25-20)28-13-15-32-16-14-28/h2-6H,7-16H2,1H3,(H,27,31). The molecule has 8 nitrogen and oxygen atoms in total. The first-order chi connectivity index (χ1) is 15.5. The van der Waals surface area contributed by atoms with E-state index in [1.165, 1.54) is 19.8 Å². The largest absolute Gasteiger partial charge is 0.378 e.